The van der Waals surface area contributed by atoms with E-state index in [0.717, 1.165) is 6.92 Å². The van der Waals surface area contributed by atoms with Crippen molar-refractivity contribution in [3.63, 3.8) is 0 Å². The van der Waals surface area contributed by atoms with Crippen molar-refractivity contribution in [1.82, 2.24) is 0 Å². The number of hydrogen-bond donors (Lipinski definition) is 3. The van der Waals surface area contributed by atoms with Gasteiger partial charge in [0.2, 0.25) is 0 Å². The summed E-state index contributed by atoms with van der Waals surface area (Å²) in [7, 11) is 0. The fourth-order valence-electron chi connectivity index (χ4n) is 0.979. The molecule has 0 aliphatic carbocycles. The van der Waals surface area contributed by atoms with Gasteiger partial charge in [-0.25, -0.2) is 0 Å². The molecule has 0 radical (unpaired) electrons. The summed E-state index contributed by atoms with van der Waals surface area (Å²) in [5.41, 5.74) is -2.06. The highest BCUT2D eigenvalue weighted by molar-refractivity contribution is 5.98. The number of aliphatic carboxylic acids is 3. The van der Waals surface area contributed by atoms with E-state index in [1.807, 2.05) is 0 Å². The van der Waals surface area contributed by atoms with Crippen LogP contribution in [0.1, 0.15) is 20.3 Å². The van der Waals surface area contributed by atoms with Crippen LogP contribution in [0.4, 0.5) is 0 Å². The predicted octanol–water partition coefficient (Wildman–Crippen LogP) is 0.273. The lowest BCUT2D eigenvalue weighted by Crippen LogP contribution is -2.42. The van der Waals surface area contributed by atoms with Crippen LogP contribution in [-0.4, -0.2) is 33.2 Å². The average Bonchev–Trinajstić information content (AvgIpc) is 2.00. The normalized spacial score (nSPS) is 13.3. The lowest BCUT2D eigenvalue weighted by molar-refractivity contribution is -0.167. The lowest BCUT2D eigenvalue weighted by atomic mass is 9.76. The molecule has 3 N–H and O–H groups in total. The van der Waals surface area contributed by atoms with E-state index in [1.54, 1.807) is 0 Å². The molecule has 14 heavy (non-hydrogen) atoms. The largest absolute Gasteiger partial charge is 0.481 e. The number of carboxylic acid groups (broad SMARTS) is 3. The van der Waals surface area contributed by atoms with Gasteiger partial charge in [-0.2, -0.15) is 0 Å². The quantitative estimate of drug-likeness (QED) is 0.554. The van der Waals surface area contributed by atoms with Crippen LogP contribution in [0.25, 0.3) is 0 Å². The molecule has 6 heteroatoms. The third kappa shape index (κ3) is 2.21. The second-order valence-electron chi connectivity index (χ2n) is 3.31. The summed E-state index contributed by atoms with van der Waals surface area (Å²) < 4.78 is 0. The van der Waals surface area contributed by atoms with Crippen LogP contribution >= 0.6 is 0 Å². The molecular formula is C8H12O6. The van der Waals surface area contributed by atoms with Gasteiger partial charge in [-0.1, -0.05) is 6.92 Å². The summed E-state index contributed by atoms with van der Waals surface area (Å²) in [5, 5.41) is 25.8. The zero-order valence-corrected chi connectivity index (χ0v) is 7.85. The van der Waals surface area contributed by atoms with Crippen LogP contribution in [-0.2, 0) is 14.4 Å². The summed E-state index contributed by atoms with van der Waals surface area (Å²) in [6, 6.07) is 0. The van der Waals surface area contributed by atoms with Crippen LogP contribution in [0.2, 0.25) is 0 Å². The first-order chi connectivity index (χ1) is 6.22. The van der Waals surface area contributed by atoms with Gasteiger partial charge < -0.3 is 15.3 Å². The van der Waals surface area contributed by atoms with E-state index in [4.69, 9.17) is 15.3 Å². The van der Waals surface area contributed by atoms with Crippen LogP contribution in [0.15, 0.2) is 0 Å². The third-order valence-electron chi connectivity index (χ3n) is 2.35. The Balaban J connectivity index is 4.92. The molecule has 0 aromatic heterocycles. The molecule has 0 amide bonds. The van der Waals surface area contributed by atoms with E-state index in [0.29, 0.717) is 0 Å². The Morgan fingerprint density at radius 1 is 1.14 bits per heavy atom. The smallest absolute Gasteiger partial charge is 0.321 e. The monoisotopic (exact) mass is 204 g/mol. The topological polar surface area (TPSA) is 112 Å². The van der Waals surface area contributed by atoms with Gasteiger partial charge in [0.25, 0.3) is 0 Å². The summed E-state index contributed by atoms with van der Waals surface area (Å²) in [5.74, 6) is -5.25. The summed E-state index contributed by atoms with van der Waals surface area (Å²) in [6.45, 7) is 2.29. The van der Waals surface area contributed by atoms with Crippen molar-refractivity contribution in [3.05, 3.63) is 0 Å². The number of carboxylic acids is 3. The summed E-state index contributed by atoms with van der Waals surface area (Å²) in [6.07, 6.45) is -0.491. The fraction of sp³-hybridized carbons (Fsp3) is 0.625. The molecule has 0 aromatic carbocycles. The predicted molar refractivity (Wildman–Crippen MR) is 44.8 cm³/mol. The summed E-state index contributed by atoms with van der Waals surface area (Å²) >= 11 is 0. The molecule has 0 spiro atoms. The van der Waals surface area contributed by atoms with Gasteiger partial charge in [-0.05, 0) is 12.8 Å². The molecular weight excluding hydrogens is 192 g/mol. The summed E-state index contributed by atoms with van der Waals surface area (Å²) in [4.78, 5) is 31.7. The third-order valence-corrected chi connectivity index (χ3v) is 2.35. The molecule has 0 aliphatic heterocycles. The molecule has 6 nitrogen and oxygen atoms in total. The number of carbonyl (C=O) groups is 3. The maximum atomic E-state index is 10.7. The molecule has 0 rings (SSSR count). The maximum absolute atomic E-state index is 10.7. The highest BCUT2D eigenvalue weighted by atomic mass is 16.4. The number of rotatable bonds is 5. The van der Waals surface area contributed by atoms with Gasteiger partial charge >= 0.3 is 17.9 Å². The Hall–Kier alpha value is -1.59. The van der Waals surface area contributed by atoms with Gasteiger partial charge in [0.05, 0.1) is 0 Å². The molecule has 0 fully saturated rings. The first-order valence-electron chi connectivity index (χ1n) is 3.91. The molecule has 80 valence electrons. The fourth-order valence-corrected chi connectivity index (χ4v) is 0.979. The Kier molecular flexibility index (Phi) is 3.62. The van der Waals surface area contributed by atoms with Crippen molar-refractivity contribution in [3.8, 4) is 0 Å². The van der Waals surface area contributed by atoms with Crippen molar-refractivity contribution >= 4 is 17.9 Å². The lowest BCUT2D eigenvalue weighted by Gasteiger charge is -2.25. The molecule has 1 atom stereocenters. The van der Waals surface area contributed by atoms with Gasteiger partial charge in [0, 0.05) is 6.42 Å². The molecule has 0 bridgehead atoms. The first kappa shape index (κ1) is 12.4. The van der Waals surface area contributed by atoms with Crippen LogP contribution < -0.4 is 0 Å². The van der Waals surface area contributed by atoms with Crippen LogP contribution in [0, 0.1) is 11.3 Å². The standard InChI is InChI=1S/C8H12O6/c1-4(3-5(9)10)8(2,6(11)12)7(13)14/h4H,3H2,1-2H3,(H,9,10)(H,11,12)(H,13,14). The number of hydrogen-bond acceptors (Lipinski definition) is 3. The van der Waals surface area contributed by atoms with Crippen LogP contribution in [0.5, 0.6) is 0 Å². The molecule has 0 saturated heterocycles. The molecule has 0 aliphatic rings. The van der Waals surface area contributed by atoms with Crippen LogP contribution in [0.3, 0.4) is 0 Å². The Morgan fingerprint density at radius 2 is 1.50 bits per heavy atom. The average molecular weight is 204 g/mol. The first-order valence-corrected chi connectivity index (χ1v) is 3.91. The molecule has 1 unspecified atom stereocenters. The Morgan fingerprint density at radius 3 is 1.71 bits per heavy atom. The minimum absolute atomic E-state index is 0.491. The molecule has 0 aromatic rings. The van der Waals surface area contributed by atoms with E-state index in [2.05, 4.69) is 0 Å². The van der Waals surface area contributed by atoms with Crippen molar-refractivity contribution in [1.29, 1.82) is 0 Å². The van der Waals surface area contributed by atoms with Crippen molar-refractivity contribution in [2.24, 2.45) is 11.3 Å². The van der Waals surface area contributed by atoms with Gasteiger partial charge in [0.1, 0.15) is 0 Å². The van der Waals surface area contributed by atoms with E-state index in [1.165, 1.54) is 6.92 Å². The second kappa shape index (κ2) is 4.08. The zero-order chi connectivity index (χ0) is 11.5. The maximum Gasteiger partial charge on any atom is 0.321 e. The van der Waals surface area contributed by atoms with Gasteiger partial charge in [-0.15, -0.1) is 0 Å². The SMILES string of the molecule is CC(CC(=O)O)C(C)(C(=O)O)C(=O)O. The van der Waals surface area contributed by atoms with E-state index in [9.17, 15) is 14.4 Å². The molecule has 0 heterocycles. The minimum atomic E-state index is -2.06. The zero-order valence-electron chi connectivity index (χ0n) is 7.85. The van der Waals surface area contributed by atoms with Crippen molar-refractivity contribution in [2.45, 2.75) is 20.3 Å². The van der Waals surface area contributed by atoms with Crippen molar-refractivity contribution < 1.29 is 29.7 Å². The highest BCUT2D eigenvalue weighted by Crippen LogP contribution is 2.30. The Labute approximate surface area is 80.2 Å². The van der Waals surface area contributed by atoms with E-state index in [-0.39, 0.29) is 0 Å². The minimum Gasteiger partial charge on any atom is -0.481 e. The second-order valence-corrected chi connectivity index (χ2v) is 3.31. The Bertz CT molecular complexity index is 255. The highest BCUT2D eigenvalue weighted by Gasteiger charge is 2.47. The van der Waals surface area contributed by atoms with E-state index < -0.39 is 35.7 Å². The molecule has 0 saturated carbocycles. The van der Waals surface area contributed by atoms with Crippen molar-refractivity contribution in [2.75, 3.05) is 0 Å². The van der Waals surface area contributed by atoms with Gasteiger partial charge in [-0.3, -0.25) is 14.4 Å². The van der Waals surface area contributed by atoms with Gasteiger partial charge in [0.15, 0.2) is 5.41 Å². The van der Waals surface area contributed by atoms with E-state index >= 15 is 0 Å².